The second-order valence-electron chi connectivity index (χ2n) is 1.95. The average molecular weight is 135 g/mol. The number of aromatic amines is 1. The third kappa shape index (κ3) is 0.621. The number of rotatable bonds is 0. The fraction of sp³-hybridized carbons (Fsp3) is 0. The Balaban J connectivity index is 2.75. The molecule has 0 saturated carbocycles. The predicted octanol–water partition coefficient (Wildman–Crippen LogP) is 0.615. The molecule has 2 N–H and O–H groups in total. The second-order valence-corrected chi connectivity index (χ2v) is 1.95. The van der Waals surface area contributed by atoms with Gasteiger partial charge in [0.1, 0.15) is 5.69 Å². The first-order chi connectivity index (χ1) is 4.86. The zero-order valence-corrected chi connectivity index (χ0v) is 5.07. The molecule has 0 fully saturated rings. The summed E-state index contributed by atoms with van der Waals surface area (Å²) in [5.74, 6) is 0. The maximum absolute atomic E-state index is 8.85. The van der Waals surface area contributed by atoms with E-state index in [9.17, 15) is 0 Å². The number of aromatic hydroxyl groups is 1. The summed E-state index contributed by atoms with van der Waals surface area (Å²) in [7, 11) is 0. The van der Waals surface area contributed by atoms with Crippen molar-refractivity contribution >= 4 is 0 Å². The van der Waals surface area contributed by atoms with Gasteiger partial charge in [-0.1, -0.05) is 0 Å². The van der Waals surface area contributed by atoms with Crippen molar-refractivity contribution in [3.63, 3.8) is 0 Å². The summed E-state index contributed by atoms with van der Waals surface area (Å²) in [6.45, 7) is 0. The minimum Gasteiger partial charge on any atom is -0.480 e. The third-order valence-electron chi connectivity index (χ3n) is 1.29. The van der Waals surface area contributed by atoms with Gasteiger partial charge in [0.05, 0.1) is 11.9 Å². The zero-order chi connectivity index (χ0) is 6.97. The van der Waals surface area contributed by atoms with Gasteiger partial charge in [-0.05, 0) is 6.07 Å². The first-order valence-corrected chi connectivity index (χ1v) is 2.85. The number of aromatic nitrogens is 3. The van der Waals surface area contributed by atoms with Crippen molar-refractivity contribution < 1.29 is 5.11 Å². The molecule has 0 atom stereocenters. The quantitative estimate of drug-likeness (QED) is 0.556. The average Bonchev–Trinajstić information content (AvgIpc) is 2.33. The molecule has 2 aliphatic rings. The summed E-state index contributed by atoms with van der Waals surface area (Å²) in [4.78, 5) is 10.2. The Hall–Kier alpha value is -1.58. The summed E-state index contributed by atoms with van der Waals surface area (Å²) < 4.78 is 0. The van der Waals surface area contributed by atoms with Gasteiger partial charge in [-0.2, -0.15) is 0 Å². The van der Waals surface area contributed by atoms with Crippen molar-refractivity contribution in [2.75, 3.05) is 0 Å². The molecule has 0 unspecified atom stereocenters. The Morgan fingerprint density at radius 2 is 2.30 bits per heavy atom. The molecule has 4 nitrogen and oxygen atoms in total. The lowest BCUT2D eigenvalue weighted by atomic mass is 10.3. The molecule has 0 aromatic carbocycles. The van der Waals surface area contributed by atoms with E-state index in [2.05, 4.69) is 15.0 Å². The van der Waals surface area contributed by atoms with E-state index in [1.54, 1.807) is 12.3 Å². The Labute approximate surface area is 56.9 Å². The van der Waals surface area contributed by atoms with Gasteiger partial charge in [-0.3, -0.25) is 4.98 Å². The first kappa shape index (κ1) is 5.22. The largest absolute Gasteiger partial charge is 0.480 e. The van der Waals surface area contributed by atoms with E-state index in [1.165, 1.54) is 6.20 Å². The summed E-state index contributed by atoms with van der Waals surface area (Å²) in [6, 6.07) is 1.69. The number of hydrogen-bond donors (Lipinski definition) is 2. The van der Waals surface area contributed by atoms with E-state index in [4.69, 9.17) is 5.11 Å². The van der Waals surface area contributed by atoms with E-state index < -0.39 is 0 Å². The van der Waals surface area contributed by atoms with E-state index >= 15 is 0 Å². The molecule has 2 heterocycles. The number of H-pyrrole nitrogens is 1. The number of nitrogens with zero attached hydrogens (tertiary/aromatic N) is 2. The molecule has 0 saturated heterocycles. The zero-order valence-electron chi connectivity index (χ0n) is 5.07. The Bertz CT molecular complexity index is 317. The van der Waals surface area contributed by atoms with Gasteiger partial charge in [-0.15, -0.1) is 0 Å². The lowest BCUT2D eigenvalue weighted by Gasteiger charge is -1.95. The number of fused-ring (bicyclic) bond motifs is 1. The Morgan fingerprint density at radius 3 is 3.20 bits per heavy atom. The fourth-order valence-electron chi connectivity index (χ4n) is 0.831. The molecular formula is C6H5N3O. The molecule has 0 aromatic heterocycles. The fourth-order valence-corrected chi connectivity index (χ4v) is 0.831. The van der Waals surface area contributed by atoms with Gasteiger partial charge in [0, 0.05) is 6.20 Å². The maximum Gasteiger partial charge on any atom is 0.291 e. The van der Waals surface area contributed by atoms with Crippen molar-refractivity contribution in [1.29, 1.82) is 0 Å². The van der Waals surface area contributed by atoms with Crippen LogP contribution in [0.25, 0.3) is 11.4 Å². The molecule has 0 aromatic rings. The normalized spacial score (nSPS) is 10.4. The van der Waals surface area contributed by atoms with Crippen LogP contribution >= 0.6 is 0 Å². The van der Waals surface area contributed by atoms with Crippen LogP contribution in [0.3, 0.4) is 0 Å². The molecule has 0 aliphatic carbocycles. The van der Waals surface area contributed by atoms with Gasteiger partial charge in [0.2, 0.25) is 0 Å². The summed E-state index contributed by atoms with van der Waals surface area (Å²) in [6.07, 6.45) is 3.17. The Kier molecular flexibility index (Phi) is 0.887. The molecule has 0 radical (unpaired) electrons. The van der Waals surface area contributed by atoms with Crippen LogP contribution in [0.15, 0.2) is 18.5 Å². The molecule has 2 rings (SSSR count). The van der Waals surface area contributed by atoms with Crippen molar-refractivity contribution in [1.82, 2.24) is 15.0 Å². The van der Waals surface area contributed by atoms with Crippen LogP contribution in [-0.4, -0.2) is 20.1 Å². The highest BCUT2D eigenvalue weighted by Crippen LogP contribution is 2.16. The van der Waals surface area contributed by atoms with Crippen LogP contribution in [0.4, 0.5) is 0 Å². The van der Waals surface area contributed by atoms with E-state index in [1.807, 2.05) is 0 Å². The van der Waals surface area contributed by atoms with Crippen molar-refractivity contribution in [2.24, 2.45) is 0 Å². The van der Waals surface area contributed by atoms with Crippen LogP contribution < -0.4 is 0 Å². The molecular weight excluding hydrogens is 130 g/mol. The van der Waals surface area contributed by atoms with Gasteiger partial charge in [-0.25, -0.2) is 4.98 Å². The summed E-state index contributed by atoms with van der Waals surface area (Å²) in [5, 5.41) is 8.85. The number of hydrogen-bond acceptors (Lipinski definition) is 3. The van der Waals surface area contributed by atoms with Gasteiger partial charge >= 0.3 is 0 Å². The smallest absolute Gasteiger partial charge is 0.291 e. The van der Waals surface area contributed by atoms with E-state index in [0.717, 1.165) is 11.4 Å². The van der Waals surface area contributed by atoms with Crippen molar-refractivity contribution in [2.45, 2.75) is 0 Å². The standard InChI is InChI=1S/C6H5N3O/c10-6-8-3-5-4(9-6)1-2-7-5/h1-3H,(H2,8,9,10). The highest BCUT2D eigenvalue weighted by atomic mass is 16.3. The summed E-state index contributed by atoms with van der Waals surface area (Å²) in [5.41, 5.74) is 1.56. The monoisotopic (exact) mass is 135 g/mol. The molecule has 0 spiro atoms. The van der Waals surface area contributed by atoms with Gasteiger partial charge < -0.3 is 10.1 Å². The van der Waals surface area contributed by atoms with Crippen molar-refractivity contribution in [3.8, 4) is 17.4 Å². The van der Waals surface area contributed by atoms with Gasteiger partial charge in [0.25, 0.3) is 6.01 Å². The van der Waals surface area contributed by atoms with Gasteiger partial charge in [0.15, 0.2) is 0 Å². The van der Waals surface area contributed by atoms with E-state index in [0.29, 0.717) is 0 Å². The molecule has 50 valence electrons. The van der Waals surface area contributed by atoms with Crippen LogP contribution in [0, 0.1) is 0 Å². The highest BCUT2D eigenvalue weighted by Gasteiger charge is 2.03. The van der Waals surface area contributed by atoms with Crippen molar-refractivity contribution in [3.05, 3.63) is 18.5 Å². The molecule has 2 aliphatic heterocycles. The molecule has 4 heteroatoms. The van der Waals surface area contributed by atoms with Crippen LogP contribution in [0.5, 0.6) is 6.01 Å². The van der Waals surface area contributed by atoms with Crippen LogP contribution in [-0.2, 0) is 0 Å². The minimum atomic E-state index is -0.0829. The SMILES string of the molecule is Oc1ncc2nccc-2[nH]1. The predicted molar refractivity (Wildman–Crippen MR) is 34.7 cm³/mol. The molecule has 0 amide bonds. The lowest BCUT2D eigenvalue weighted by molar-refractivity contribution is 0.431. The van der Waals surface area contributed by atoms with Crippen LogP contribution in [0.1, 0.15) is 0 Å². The molecule has 10 heavy (non-hydrogen) atoms. The third-order valence-corrected chi connectivity index (χ3v) is 1.29. The lowest BCUT2D eigenvalue weighted by Crippen LogP contribution is -1.85. The topological polar surface area (TPSA) is 61.8 Å². The highest BCUT2D eigenvalue weighted by molar-refractivity contribution is 5.54. The number of nitrogens with one attached hydrogen (secondary N) is 1. The summed E-state index contributed by atoms with van der Waals surface area (Å²) >= 11 is 0. The molecule has 0 bridgehead atoms. The second kappa shape index (κ2) is 1.70. The van der Waals surface area contributed by atoms with Crippen LogP contribution in [0.2, 0.25) is 0 Å². The Morgan fingerprint density at radius 1 is 1.40 bits per heavy atom. The van der Waals surface area contributed by atoms with E-state index in [-0.39, 0.29) is 6.01 Å². The first-order valence-electron chi connectivity index (χ1n) is 2.85. The minimum absolute atomic E-state index is 0.0829. The maximum atomic E-state index is 8.85.